The first kappa shape index (κ1) is 10.1. The van der Waals surface area contributed by atoms with Gasteiger partial charge in [-0.15, -0.1) is 11.3 Å². The summed E-state index contributed by atoms with van der Waals surface area (Å²) in [5.41, 5.74) is 2.00. The first-order valence-corrected chi connectivity index (χ1v) is 5.86. The smallest absolute Gasteiger partial charge is 0.0802 e. The Bertz CT molecular complexity index is 264. The van der Waals surface area contributed by atoms with E-state index in [1.165, 1.54) is 24.1 Å². The molecule has 1 aliphatic rings. The Morgan fingerprint density at radius 3 is 3.00 bits per heavy atom. The third kappa shape index (κ3) is 2.13. The fourth-order valence-electron chi connectivity index (χ4n) is 1.77. The Morgan fingerprint density at radius 1 is 1.64 bits per heavy atom. The SMILES string of the molecule is COC1(CNCc2cncs2)CCC1. The van der Waals surface area contributed by atoms with E-state index >= 15 is 0 Å². The van der Waals surface area contributed by atoms with Crippen molar-refractivity contribution in [3.8, 4) is 0 Å². The molecule has 78 valence electrons. The van der Waals surface area contributed by atoms with Crippen molar-refractivity contribution in [2.45, 2.75) is 31.4 Å². The molecule has 0 atom stereocenters. The molecule has 2 rings (SSSR count). The number of hydrogen-bond acceptors (Lipinski definition) is 4. The molecular formula is C10H16N2OS. The molecule has 1 aliphatic carbocycles. The van der Waals surface area contributed by atoms with Crippen molar-refractivity contribution >= 4 is 11.3 Å². The van der Waals surface area contributed by atoms with Crippen LogP contribution in [0.3, 0.4) is 0 Å². The van der Waals surface area contributed by atoms with E-state index in [-0.39, 0.29) is 5.60 Å². The van der Waals surface area contributed by atoms with Gasteiger partial charge in [0.1, 0.15) is 0 Å². The average Bonchev–Trinajstić information content (AvgIpc) is 2.62. The maximum absolute atomic E-state index is 5.52. The van der Waals surface area contributed by atoms with Gasteiger partial charge in [-0.05, 0) is 19.3 Å². The lowest BCUT2D eigenvalue weighted by Crippen LogP contribution is -2.47. The second-order valence-corrected chi connectivity index (χ2v) is 4.78. The lowest BCUT2D eigenvalue weighted by atomic mass is 9.80. The molecule has 1 aromatic rings. The maximum atomic E-state index is 5.52. The number of methoxy groups -OCH3 is 1. The van der Waals surface area contributed by atoms with E-state index in [1.54, 1.807) is 11.3 Å². The molecule has 0 bridgehead atoms. The molecule has 0 spiro atoms. The lowest BCUT2D eigenvalue weighted by Gasteiger charge is -2.40. The summed E-state index contributed by atoms with van der Waals surface area (Å²) >= 11 is 1.69. The largest absolute Gasteiger partial charge is 0.377 e. The van der Waals surface area contributed by atoms with Gasteiger partial charge in [0, 0.05) is 31.3 Å². The van der Waals surface area contributed by atoms with Crippen LogP contribution in [0.5, 0.6) is 0 Å². The summed E-state index contributed by atoms with van der Waals surface area (Å²) in [7, 11) is 1.81. The summed E-state index contributed by atoms with van der Waals surface area (Å²) in [6.07, 6.45) is 5.60. The average molecular weight is 212 g/mol. The maximum Gasteiger partial charge on any atom is 0.0802 e. The zero-order valence-electron chi connectivity index (χ0n) is 8.45. The molecule has 1 saturated carbocycles. The first-order chi connectivity index (χ1) is 6.85. The van der Waals surface area contributed by atoms with Gasteiger partial charge in [-0.25, -0.2) is 0 Å². The predicted molar refractivity (Wildman–Crippen MR) is 57.4 cm³/mol. The monoisotopic (exact) mass is 212 g/mol. The van der Waals surface area contributed by atoms with E-state index in [4.69, 9.17) is 4.74 Å². The number of aromatic nitrogens is 1. The minimum Gasteiger partial charge on any atom is -0.377 e. The molecule has 3 nitrogen and oxygen atoms in total. The van der Waals surface area contributed by atoms with E-state index in [1.807, 2.05) is 18.8 Å². The summed E-state index contributed by atoms with van der Waals surface area (Å²) in [5.74, 6) is 0. The highest BCUT2D eigenvalue weighted by atomic mass is 32.1. The van der Waals surface area contributed by atoms with Crippen LogP contribution >= 0.6 is 11.3 Å². The van der Waals surface area contributed by atoms with Gasteiger partial charge in [-0.1, -0.05) is 0 Å². The second kappa shape index (κ2) is 4.38. The molecule has 14 heavy (non-hydrogen) atoms. The van der Waals surface area contributed by atoms with Crippen molar-refractivity contribution in [2.24, 2.45) is 0 Å². The number of thiazole rings is 1. The molecule has 1 N–H and O–H groups in total. The Labute approximate surface area is 88.5 Å². The van der Waals surface area contributed by atoms with E-state index in [2.05, 4.69) is 10.3 Å². The van der Waals surface area contributed by atoms with Crippen molar-refractivity contribution in [1.29, 1.82) is 0 Å². The Balaban J connectivity index is 1.72. The van der Waals surface area contributed by atoms with Crippen LogP contribution in [-0.2, 0) is 11.3 Å². The Hall–Kier alpha value is -0.450. The van der Waals surface area contributed by atoms with E-state index < -0.39 is 0 Å². The quantitative estimate of drug-likeness (QED) is 0.808. The summed E-state index contributed by atoms with van der Waals surface area (Å²) in [5, 5.41) is 3.43. The van der Waals surface area contributed by atoms with Gasteiger partial charge in [0.2, 0.25) is 0 Å². The van der Waals surface area contributed by atoms with Crippen LogP contribution in [0.25, 0.3) is 0 Å². The number of nitrogens with one attached hydrogen (secondary N) is 1. The molecule has 1 aromatic heterocycles. The minimum atomic E-state index is 0.130. The Kier molecular flexibility index (Phi) is 3.15. The van der Waals surface area contributed by atoms with Crippen LogP contribution in [0.2, 0.25) is 0 Å². The molecule has 0 radical (unpaired) electrons. The molecule has 0 aromatic carbocycles. The van der Waals surface area contributed by atoms with Crippen molar-refractivity contribution in [2.75, 3.05) is 13.7 Å². The van der Waals surface area contributed by atoms with Crippen LogP contribution < -0.4 is 5.32 Å². The van der Waals surface area contributed by atoms with E-state index in [9.17, 15) is 0 Å². The van der Waals surface area contributed by atoms with Crippen molar-refractivity contribution in [3.05, 3.63) is 16.6 Å². The fourth-order valence-corrected chi connectivity index (χ4v) is 2.33. The van der Waals surface area contributed by atoms with Gasteiger partial charge < -0.3 is 10.1 Å². The van der Waals surface area contributed by atoms with Crippen molar-refractivity contribution < 1.29 is 4.74 Å². The molecule has 0 amide bonds. The summed E-state index contributed by atoms with van der Waals surface area (Å²) < 4.78 is 5.52. The van der Waals surface area contributed by atoms with E-state index in [0.29, 0.717) is 0 Å². The number of rotatable bonds is 5. The molecule has 0 unspecified atom stereocenters. The second-order valence-electron chi connectivity index (χ2n) is 3.81. The van der Waals surface area contributed by atoms with Gasteiger partial charge in [-0.2, -0.15) is 0 Å². The third-order valence-electron chi connectivity index (χ3n) is 2.93. The lowest BCUT2D eigenvalue weighted by molar-refractivity contribution is -0.0695. The Morgan fingerprint density at radius 2 is 2.50 bits per heavy atom. The number of ether oxygens (including phenoxy) is 1. The van der Waals surface area contributed by atoms with Crippen molar-refractivity contribution in [1.82, 2.24) is 10.3 Å². The topological polar surface area (TPSA) is 34.1 Å². The van der Waals surface area contributed by atoms with Crippen LogP contribution in [0.1, 0.15) is 24.1 Å². The first-order valence-electron chi connectivity index (χ1n) is 4.98. The molecule has 1 heterocycles. The molecule has 1 fully saturated rings. The van der Waals surface area contributed by atoms with Crippen LogP contribution in [-0.4, -0.2) is 24.2 Å². The van der Waals surface area contributed by atoms with E-state index in [0.717, 1.165) is 13.1 Å². The van der Waals surface area contributed by atoms with Gasteiger partial charge in [0.05, 0.1) is 11.1 Å². The van der Waals surface area contributed by atoms with Gasteiger partial charge in [0.25, 0.3) is 0 Å². The summed E-state index contributed by atoms with van der Waals surface area (Å²) in [4.78, 5) is 5.33. The molecule has 0 aliphatic heterocycles. The highest BCUT2D eigenvalue weighted by Gasteiger charge is 2.36. The number of nitrogens with zero attached hydrogens (tertiary/aromatic N) is 1. The predicted octanol–water partition coefficient (Wildman–Crippen LogP) is 1.80. The minimum absolute atomic E-state index is 0.130. The van der Waals surface area contributed by atoms with Crippen LogP contribution in [0.4, 0.5) is 0 Å². The zero-order valence-corrected chi connectivity index (χ0v) is 9.27. The van der Waals surface area contributed by atoms with Crippen LogP contribution in [0, 0.1) is 0 Å². The van der Waals surface area contributed by atoms with Gasteiger partial charge in [-0.3, -0.25) is 4.98 Å². The highest BCUT2D eigenvalue weighted by molar-refractivity contribution is 7.09. The summed E-state index contributed by atoms with van der Waals surface area (Å²) in [6.45, 7) is 1.87. The fraction of sp³-hybridized carbons (Fsp3) is 0.700. The summed E-state index contributed by atoms with van der Waals surface area (Å²) in [6, 6.07) is 0. The normalized spacial score (nSPS) is 19.2. The zero-order chi connectivity index (χ0) is 9.86. The van der Waals surface area contributed by atoms with Crippen molar-refractivity contribution in [3.63, 3.8) is 0 Å². The van der Waals surface area contributed by atoms with Gasteiger partial charge in [0.15, 0.2) is 0 Å². The van der Waals surface area contributed by atoms with Crippen LogP contribution in [0.15, 0.2) is 11.7 Å². The molecular weight excluding hydrogens is 196 g/mol. The molecule has 0 saturated heterocycles. The number of hydrogen-bond donors (Lipinski definition) is 1. The third-order valence-corrected chi connectivity index (χ3v) is 3.71. The highest BCUT2D eigenvalue weighted by Crippen LogP contribution is 2.34. The molecule has 4 heteroatoms. The van der Waals surface area contributed by atoms with Gasteiger partial charge >= 0.3 is 0 Å². The standard InChI is InChI=1S/C10H16N2OS/c1-13-10(3-2-4-10)7-11-5-9-6-12-8-14-9/h6,8,11H,2-5,7H2,1H3.